The third-order valence-corrected chi connectivity index (χ3v) is 9.46. The zero-order valence-corrected chi connectivity index (χ0v) is 30.9. The summed E-state index contributed by atoms with van der Waals surface area (Å²) < 4.78 is 54.1. The number of carbonyl (C=O) groups excluding carboxylic acids is 1. The molecule has 3 aromatic carbocycles. The minimum absolute atomic E-state index is 0.00303. The van der Waals surface area contributed by atoms with Gasteiger partial charge in [0.1, 0.15) is 13.2 Å². The average Bonchev–Trinajstić information content (AvgIpc) is 3.11. The number of benzene rings is 3. The number of hydrogen-bond donors (Lipinski definition) is 1. The van der Waals surface area contributed by atoms with Gasteiger partial charge in [-0.2, -0.15) is 4.98 Å². The van der Waals surface area contributed by atoms with Crippen LogP contribution in [0.3, 0.4) is 0 Å². The minimum Gasteiger partial charge on any atom is -0.493 e. The first-order chi connectivity index (χ1) is 24.0. The fraction of sp³-hybridized carbons (Fsp3) is 0.250. The highest BCUT2D eigenvalue weighted by Crippen LogP contribution is 2.41. The van der Waals surface area contributed by atoms with Crippen molar-refractivity contribution in [3.8, 4) is 34.8 Å². The van der Waals surface area contributed by atoms with Crippen LogP contribution in [0, 0.1) is 0 Å². The molecule has 0 radical (unpaired) electrons. The van der Waals surface area contributed by atoms with Crippen molar-refractivity contribution in [2.45, 2.75) is 41.9 Å². The average molecular weight is 810 g/mol. The van der Waals surface area contributed by atoms with E-state index in [0.717, 1.165) is 21.1 Å². The Morgan fingerprint density at radius 1 is 0.840 bits per heavy atom. The van der Waals surface area contributed by atoms with E-state index in [1.54, 1.807) is 42.5 Å². The number of aromatic nitrogens is 4. The van der Waals surface area contributed by atoms with Gasteiger partial charge in [0, 0.05) is 16.8 Å². The van der Waals surface area contributed by atoms with Crippen LogP contribution < -0.4 is 18.9 Å². The van der Waals surface area contributed by atoms with Crippen LogP contribution in [0.15, 0.2) is 96.2 Å². The molecule has 5 aromatic rings. The predicted molar refractivity (Wildman–Crippen MR) is 196 cm³/mol. The smallest absolute Gasteiger partial charge is 0.310 e. The maximum absolute atomic E-state index is 13.8. The molecule has 260 valence electrons. The van der Waals surface area contributed by atoms with E-state index >= 15 is 0 Å². The van der Waals surface area contributed by atoms with E-state index in [0.29, 0.717) is 5.75 Å². The largest absolute Gasteiger partial charge is 0.493 e. The van der Waals surface area contributed by atoms with Crippen LogP contribution in [0.4, 0.5) is 5.82 Å². The van der Waals surface area contributed by atoms with Gasteiger partial charge in [-0.05, 0) is 52.4 Å². The molecule has 0 amide bonds. The maximum Gasteiger partial charge on any atom is 0.310 e. The highest BCUT2D eigenvalue weighted by molar-refractivity contribution is 14.1. The lowest BCUT2D eigenvalue weighted by molar-refractivity contribution is -0.143. The van der Waals surface area contributed by atoms with Gasteiger partial charge in [0.2, 0.25) is 11.6 Å². The highest BCUT2D eigenvalue weighted by atomic mass is 127. The summed E-state index contributed by atoms with van der Waals surface area (Å²) in [7, 11) is -2.74. The van der Waals surface area contributed by atoms with Crippen LogP contribution in [0.2, 0.25) is 0 Å². The molecule has 0 saturated heterocycles. The van der Waals surface area contributed by atoms with Crippen LogP contribution in [-0.2, 0) is 35.8 Å². The van der Waals surface area contributed by atoms with Crippen molar-refractivity contribution < 1.29 is 32.2 Å². The van der Waals surface area contributed by atoms with Gasteiger partial charge >= 0.3 is 5.97 Å². The van der Waals surface area contributed by atoms with Crippen LogP contribution in [0.5, 0.6) is 23.1 Å². The quantitative estimate of drug-likeness (QED) is 0.0538. The zero-order chi connectivity index (χ0) is 35.7. The molecule has 12 nitrogen and oxygen atoms in total. The molecule has 0 saturated carbocycles. The summed E-state index contributed by atoms with van der Waals surface area (Å²) in [5.74, 6) is -0.321. The number of rotatable bonds is 14. The first-order valence-electron chi connectivity index (χ1n) is 15.5. The normalized spacial score (nSPS) is 11.5. The number of halogens is 1. The summed E-state index contributed by atoms with van der Waals surface area (Å²) in [5, 5.41) is 0. The van der Waals surface area contributed by atoms with E-state index in [4.69, 9.17) is 18.9 Å². The molecule has 0 bridgehead atoms. The molecule has 1 N–H and O–H groups in total. The van der Waals surface area contributed by atoms with Crippen molar-refractivity contribution in [3.05, 3.63) is 108 Å². The van der Waals surface area contributed by atoms with Crippen LogP contribution in [0.25, 0.3) is 11.6 Å². The predicted octanol–water partition coefficient (Wildman–Crippen LogP) is 6.93. The fourth-order valence-electron chi connectivity index (χ4n) is 4.67. The van der Waals surface area contributed by atoms with E-state index < -0.39 is 16.0 Å². The van der Waals surface area contributed by atoms with Gasteiger partial charge < -0.3 is 18.9 Å². The standard InChI is InChI=1S/C36H36IN5O7S/c1-36(2,3)26-13-15-27(16-14-26)50(44,45)42-32-31(49-29-12-6-5-11-28(29)46-4)35(41-34(40-32)33-38-17-8-18-39-33)48-20-19-47-30(43)22-24-9-7-10-25(21-24)23-37/h5-18,21H,19-20,22-23H2,1-4H3,(H,40,41,42). The number of ether oxygens (including phenoxy) is 4. The second kappa shape index (κ2) is 16.3. The Hall–Kier alpha value is -4.83. The zero-order valence-electron chi connectivity index (χ0n) is 27.9. The van der Waals surface area contributed by atoms with Crippen LogP contribution in [-0.4, -0.2) is 54.6 Å². The van der Waals surface area contributed by atoms with Crippen LogP contribution >= 0.6 is 22.6 Å². The van der Waals surface area contributed by atoms with E-state index in [1.165, 1.54) is 31.6 Å². The second-order valence-corrected chi connectivity index (χ2v) is 14.4. The van der Waals surface area contributed by atoms with Crippen molar-refractivity contribution in [3.63, 3.8) is 0 Å². The number of carbonyl (C=O) groups is 1. The fourth-order valence-corrected chi connectivity index (χ4v) is 6.15. The number of nitrogens with one attached hydrogen (secondary N) is 1. The van der Waals surface area contributed by atoms with Gasteiger partial charge in [0.15, 0.2) is 23.1 Å². The molecule has 0 fully saturated rings. The number of anilines is 1. The summed E-state index contributed by atoms with van der Waals surface area (Å²) in [6.45, 7) is 5.85. The van der Waals surface area contributed by atoms with E-state index in [9.17, 15) is 13.2 Å². The molecule has 0 aliphatic heterocycles. The Labute approximate surface area is 304 Å². The Morgan fingerprint density at radius 3 is 2.22 bits per heavy atom. The molecule has 0 aliphatic carbocycles. The molecule has 0 atom stereocenters. The Kier molecular flexibility index (Phi) is 11.8. The van der Waals surface area contributed by atoms with Gasteiger partial charge in [-0.25, -0.2) is 23.4 Å². The molecule has 50 heavy (non-hydrogen) atoms. The summed E-state index contributed by atoms with van der Waals surface area (Å²) in [5.41, 5.74) is 2.74. The van der Waals surface area contributed by atoms with Crippen LogP contribution in [0.1, 0.15) is 37.5 Å². The van der Waals surface area contributed by atoms with Crippen molar-refractivity contribution in [2.75, 3.05) is 25.0 Å². The number of esters is 1. The van der Waals surface area contributed by atoms with Crippen molar-refractivity contribution in [1.82, 2.24) is 19.9 Å². The first kappa shape index (κ1) is 36.5. The topological polar surface area (TPSA) is 152 Å². The van der Waals surface area contributed by atoms with Crippen molar-refractivity contribution in [2.24, 2.45) is 0 Å². The van der Waals surface area contributed by atoms with E-state index in [1.807, 2.05) is 45.0 Å². The van der Waals surface area contributed by atoms with Gasteiger partial charge in [-0.1, -0.05) is 91.9 Å². The lowest BCUT2D eigenvalue weighted by atomic mass is 9.87. The lowest BCUT2D eigenvalue weighted by Gasteiger charge is -2.20. The molecule has 0 spiro atoms. The Bertz CT molecular complexity index is 2040. The number of methoxy groups -OCH3 is 1. The van der Waals surface area contributed by atoms with Gasteiger partial charge in [-0.15, -0.1) is 0 Å². The first-order valence-corrected chi connectivity index (χ1v) is 18.5. The number of sulfonamides is 1. The lowest BCUT2D eigenvalue weighted by Crippen LogP contribution is -2.18. The number of nitrogens with zero attached hydrogens (tertiary/aromatic N) is 4. The van der Waals surface area contributed by atoms with E-state index in [2.05, 4.69) is 47.2 Å². The van der Waals surface area contributed by atoms with Gasteiger partial charge in [0.25, 0.3) is 15.9 Å². The minimum atomic E-state index is -4.21. The van der Waals surface area contributed by atoms with Gasteiger partial charge in [-0.3, -0.25) is 9.52 Å². The maximum atomic E-state index is 13.8. The van der Waals surface area contributed by atoms with Crippen molar-refractivity contribution in [1.29, 1.82) is 0 Å². The summed E-state index contributed by atoms with van der Waals surface area (Å²) in [4.78, 5) is 30.1. The molecule has 2 aromatic heterocycles. The summed E-state index contributed by atoms with van der Waals surface area (Å²) >= 11 is 2.27. The number of para-hydroxylation sites is 2. The molecular weight excluding hydrogens is 773 g/mol. The summed E-state index contributed by atoms with van der Waals surface area (Å²) in [6, 6.07) is 22.7. The summed E-state index contributed by atoms with van der Waals surface area (Å²) in [6.07, 6.45) is 3.10. The molecule has 0 aliphatic rings. The van der Waals surface area contributed by atoms with Gasteiger partial charge in [0.05, 0.1) is 18.4 Å². The molecule has 5 rings (SSSR count). The monoisotopic (exact) mass is 809 g/mol. The number of alkyl halides is 1. The molecule has 14 heteroatoms. The third kappa shape index (κ3) is 9.44. The third-order valence-electron chi connectivity index (χ3n) is 7.22. The van der Waals surface area contributed by atoms with Crippen molar-refractivity contribution >= 4 is 44.4 Å². The Balaban J connectivity index is 1.48. The second-order valence-electron chi connectivity index (χ2n) is 11.9. The molecule has 2 heterocycles. The highest BCUT2D eigenvalue weighted by Gasteiger charge is 2.26. The SMILES string of the molecule is COc1ccccc1Oc1c(NS(=O)(=O)c2ccc(C(C)(C)C)cc2)nc(-c2ncccn2)nc1OCCOC(=O)Cc1cccc(CI)c1. The molecule has 0 unspecified atom stereocenters. The number of hydrogen-bond acceptors (Lipinski definition) is 11. The molecular formula is C36H36IN5O7S. The van der Waals surface area contributed by atoms with E-state index in [-0.39, 0.29) is 64.8 Å². The Morgan fingerprint density at radius 2 is 1.54 bits per heavy atom.